The Morgan fingerprint density at radius 3 is 2.81 bits per heavy atom. The Labute approximate surface area is 156 Å². The maximum absolute atomic E-state index is 13.1. The van der Waals surface area contributed by atoms with Gasteiger partial charge in [0, 0.05) is 24.6 Å². The summed E-state index contributed by atoms with van der Waals surface area (Å²) < 4.78 is 25.1. The summed E-state index contributed by atoms with van der Waals surface area (Å²) in [5.41, 5.74) is 2.17. The lowest BCUT2D eigenvalue weighted by Crippen LogP contribution is -2.36. The van der Waals surface area contributed by atoms with Crippen LogP contribution in [0, 0.1) is 5.82 Å². The second-order valence-corrected chi connectivity index (χ2v) is 8.21. The van der Waals surface area contributed by atoms with Crippen LogP contribution in [0.3, 0.4) is 0 Å². The second kappa shape index (κ2) is 6.76. The second-order valence-electron chi connectivity index (χ2n) is 7.09. The molecule has 0 radical (unpaired) electrons. The molecule has 1 aliphatic heterocycles. The number of halogens is 1. The first kappa shape index (κ1) is 17.6. The molecule has 1 aromatic heterocycles. The van der Waals surface area contributed by atoms with Crippen LogP contribution in [0.4, 0.5) is 9.39 Å². The minimum Gasteiger partial charge on any atom is -0.347 e. The Balaban J connectivity index is 1.57. The molecule has 1 spiro atoms. The van der Waals surface area contributed by atoms with Crippen molar-refractivity contribution in [2.24, 2.45) is 0 Å². The molecule has 2 atom stereocenters. The predicted octanol–water partition coefficient (Wildman–Crippen LogP) is 4.06. The highest BCUT2D eigenvalue weighted by Crippen LogP contribution is 2.43. The van der Waals surface area contributed by atoms with Crippen molar-refractivity contribution in [3.05, 3.63) is 52.2 Å². The first-order chi connectivity index (χ1) is 12.4. The van der Waals surface area contributed by atoms with Crippen LogP contribution >= 0.6 is 11.3 Å². The number of benzene rings is 1. The number of aryl methyl sites for hydroxylation is 1. The van der Waals surface area contributed by atoms with Gasteiger partial charge in [0.25, 0.3) is 0 Å². The molecule has 138 valence electrons. The number of amides is 1. The van der Waals surface area contributed by atoms with E-state index in [2.05, 4.69) is 6.07 Å². The number of nitrogens with zero attached hydrogens (tertiary/aromatic N) is 1. The largest absolute Gasteiger partial charge is 0.347 e. The highest BCUT2D eigenvalue weighted by atomic mass is 32.1. The molecule has 0 saturated carbocycles. The number of hydrogen-bond acceptors (Lipinski definition) is 4. The van der Waals surface area contributed by atoms with Crippen molar-refractivity contribution in [2.75, 3.05) is 11.5 Å². The van der Waals surface area contributed by atoms with Gasteiger partial charge in [-0.15, -0.1) is 11.3 Å². The maximum atomic E-state index is 13.1. The molecule has 6 heteroatoms. The number of anilines is 1. The Morgan fingerprint density at radius 2 is 2.15 bits per heavy atom. The monoisotopic (exact) mass is 375 g/mol. The molecule has 4 nitrogen and oxygen atoms in total. The number of fused-ring (bicyclic) bond motifs is 1. The summed E-state index contributed by atoms with van der Waals surface area (Å²) >= 11 is 1.63. The molecule has 2 heterocycles. The van der Waals surface area contributed by atoms with Crippen LogP contribution in [0.5, 0.6) is 0 Å². The van der Waals surface area contributed by atoms with E-state index in [1.54, 1.807) is 35.3 Å². The van der Waals surface area contributed by atoms with E-state index in [0.717, 1.165) is 29.8 Å². The Hall–Kier alpha value is -1.76. The van der Waals surface area contributed by atoms with Crippen molar-refractivity contribution < 1.29 is 18.7 Å². The normalized spacial score (nSPS) is 24.7. The summed E-state index contributed by atoms with van der Waals surface area (Å²) in [4.78, 5) is 15.2. The molecule has 0 bridgehead atoms. The summed E-state index contributed by atoms with van der Waals surface area (Å²) in [6, 6.07) is 8.39. The van der Waals surface area contributed by atoms with E-state index in [-0.39, 0.29) is 17.8 Å². The third-order valence-electron chi connectivity index (χ3n) is 4.99. The van der Waals surface area contributed by atoms with Gasteiger partial charge in [-0.2, -0.15) is 0 Å². The van der Waals surface area contributed by atoms with Crippen LogP contribution in [0.25, 0.3) is 0 Å². The fourth-order valence-electron chi connectivity index (χ4n) is 3.65. The van der Waals surface area contributed by atoms with Crippen LogP contribution in [0.2, 0.25) is 0 Å². The summed E-state index contributed by atoms with van der Waals surface area (Å²) in [5.74, 6) is -0.789. The van der Waals surface area contributed by atoms with E-state index >= 15 is 0 Å². The molecule has 0 N–H and O–H groups in total. The molecule has 1 aliphatic carbocycles. The highest BCUT2D eigenvalue weighted by Gasteiger charge is 2.43. The van der Waals surface area contributed by atoms with Gasteiger partial charge in [-0.05, 0) is 42.7 Å². The molecule has 1 saturated heterocycles. The van der Waals surface area contributed by atoms with Crippen LogP contribution in [-0.2, 0) is 33.7 Å². The standard InChI is InChI=1S/C20H22FNO3S/c1-13-12-24-20(25-13)8-7-16-9-19(26-18(16)10-20)22(14(2)23)11-15-3-5-17(21)6-4-15/h3-6,9,13H,7-8,10-12H2,1-2H3. The van der Waals surface area contributed by atoms with Crippen LogP contribution in [0.1, 0.15) is 36.3 Å². The molecule has 26 heavy (non-hydrogen) atoms. The average molecular weight is 375 g/mol. The predicted molar refractivity (Wildman–Crippen MR) is 98.8 cm³/mol. The number of carbonyl (C=O) groups excluding carboxylic acids is 1. The summed E-state index contributed by atoms with van der Waals surface area (Å²) in [7, 11) is 0. The first-order valence-electron chi connectivity index (χ1n) is 8.90. The zero-order valence-corrected chi connectivity index (χ0v) is 15.8. The zero-order valence-electron chi connectivity index (χ0n) is 15.0. The first-order valence-corrected chi connectivity index (χ1v) is 9.72. The number of thiophene rings is 1. The number of hydrogen-bond donors (Lipinski definition) is 0. The van der Waals surface area contributed by atoms with E-state index < -0.39 is 5.79 Å². The Bertz CT molecular complexity index is 819. The Kier molecular flexibility index (Phi) is 4.59. The van der Waals surface area contributed by atoms with Gasteiger partial charge in [-0.25, -0.2) is 4.39 Å². The third-order valence-corrected chi connectivity index (χ3v) is 6.19. The highest BCUT2D eigenvalue weighted by molar-refractivity contribution is 7.16. The third kappa shape index (κ3) is 3.41. The van der Waals surface area contributed by atoms with Crippen molar-refractivity contribution in [2.45, 2.75) is 51.5 Å². The van der Waals surface area contributed by atoms with Crippen LogP contribution in [-0.4, -0.2) is 24.4 Å². The van der Waals surface area contributed by atoms with E-state index in [1.807, 2.05) is 6.92 Å². The van der Waals surface area contributed by atoms with Gasteiger partial charge in [0.05, 0.1) is 24.3 Å². The van der Waals surface area contributed by atoms with Crippen LogP contribution < -0.4 is 4.90 Å². The van der Waals surface area contributed by atoms with E-state index in [4.69, 9.17) is 9.47 Å². The quantitative estimate of drug-likeness (QED) is 0.812. The van der Waals surface area contributed by atoms with Gasteiger partial charge in [-0.3, -0.25) is 9.69 Å². The minimum atomic E-state index is -0.494. The molecule has 2 aromatic rings. The molecule has 1 aromatic carbocycles. The SMILES string of the molecule is CC(=O)N(Cc1ccc(F)cc1)c1cc2c(s1)CC1(CC2)OCC(C)O1. The molecule has 1 amide bonds. The van der Waals surface area contributed by atoms with Crippen molar-refractivity contribution in [3.8, 4) is 0 Å². The van der Waals surface area contributed by atoms with Crippen molar-refractivity contribution >= 4 is 22.2 Å². The van der Waals surface area contributed by atoms with Crippen LogP contribution in [0.15, 0.2) is 30.3 Å². The number of ether oxygens (including phenoxy) is 2. The average Bonchev–Trinajstić information content (AvgIpc) is 3.17. The molecular weight excluding hydrogens is 353 g/mol. The molecule has 4 rings (SSSR count). The van der Waals surface area contributed by atoms with Crippen molar-refractivity contribution in [3.63, 3.8) is 0 Å². The Morgan fingerprint density at radius 1 is 1.38 bits per heavy atom. The lowest BCUT2D eigenvalue weighted by molar-refractivity contribution is -0.172. The summed E-state index contributed by atoms with van der Waals surface area (Å²) in [5, 5.41) is 0.926. The van der Waals surface area contributed by atoms with Gasteiger partial charge in [0.1, 0.15) is 5.82 Å². The zero-order chi connectivity index (χ0) is 18.3. The van der Waals surface area contributed by atoms with Gasteiger partial charge in [-0.1, -0.05) is 12.1 Å². The lowest BCUT2D eigenvalue weighted by Gasteiger charge is -2.31. The molecule has 2 aliphatic rings. The number of rotatable bonds is 3. The lowest BCUT2D eigenvalue weighted by atomic mass is 9.93. The smallest absolute Gasteiger partial charge is 0.224 e. The maximum Gasteiger partial charge on any atom is 0.224 e. The molecule has 1 fully saturated rings. The fraction of sp³-hybridized carbons (Fsp3) is 0.450. The van der Waals surface area contributed by atoms with E-state index in [1.165, 1.54) is 22.6 Å². The van der Waals surface area contributed by atoms with E-state index in [0.29, 0.717) is 13.2 Å². The van der Waals surface area contributed by atoms with Gasteiger partial charge in [0.15, 0.2) is 5.79 Å². The van der Waals surface area contributed by atoms with Gasteiger partial charge >= 0.3 is 0 Å². The van der Waals surface area contributed by atoms with E-state index in [9.17, 15) is 9.18 Å². The molecule has 2 unspecified atom stereocenters. The summed E-state index contributed by atoms with van der Waals surface area (Å²) in [6.07, 6.45) is 2.60. The number of carbonyl (C=O) groups is 1. The van der Waals surface area contributed by atoms with Crippen molar-refractivity contribution in [1.82, 2.24) is 0 Å². The van der Waals surface area contributed by atoms with Gasteiger partial charge < -0.3 is 9.47 Å². The minimum absolute atomic E-state index is 0.0235. The van der Waals surface area contributed by atoms with Crippen molar-refractivity contribution in [1.29, 1.82) is 0 Å². The topological polar surface area (TPSA) is 38.8 Å². The molecular formula is C20H22FNO3S. The fourth-order valence-corrected chi connectivity index (χ4v) is 4.99. The van der Waals surface area contributed by atoms with Gasteiger partial charge in [0.2, 0.25) is 5.91 Å². The summed E-state index contributed by atoms with van der Waals surface area (Å²) in [6.45, 7) is 4.67.